The Morgan fingerprint density at radius 3 is 2.31 bits per heavy atom. The summed E-state index contributed by atoms with van der Waals surface area (Å²) < 4.78 is 36.3. The summed E-state index contributed by atoms with van der Waals surface area (Å²) in [7, 11) is -4.14. The molecule has 2 aromatic carbocycles. The number of aryl methyl sites for hydroxylation is 2. The molecule has 4 aromatic rings. The molecular weight excluding hydrogens is 627 g/mol. The molecule has 1 amide bonds. The lowest BCUT2D eigenvalue weighted by Crippen LogP contribution is -2.49. The first-order valence-electron chi connectivity index (χ1n) is 16.4. The SMILES string of the molecule is Cc1cccc(C)c1-c1cc2nc(n1)NS(=O)(=O)c1cccc(c1)C(=O)N(CC1CCN(c3ncccn3)CC1)[C@H](CC(C)(C)C)CO2. The molecule has 0 radical (unpaired) electrons. The zero-order chi connectivity index (χ0) is 34.1. The maximum absolute atomic E-state index is 14.5. The van der Waals surface area contributed by atoms with Crippen molar-refractivity contribution in [2.24, 2.45) is 11.3 Å². The monoisotopic (exact) mass is 669 g/mol. The first-order valence-corrected chi connectivity index (χ1v) is 17.9. The molecular formula is C36H43N7O4S. The van der Waals surface area contributed by atoms with Gasteiger partial charge in [-0.2, -0.15) is 4.98 Å². The highest BCUT2D eigenvalue weighted by Crippen LogP contribution is 2.32. The number of benzene rings is 2. The molecule has 1 atom stereocenters. The molecule has 0 unspecified atom stereocenters. The van der Waals surface area contributed by atoms with Crippen molar-refractivity contribution in [2.45, 2.75) is 64.8 Å². The molecule has 1 saturated heterocycles. The molecule has 12 heteroatoms. The van der Waals surface area contributed by atoms with Crippen LogP contribution in [0.4, 0.5) is 11.9 Å². The minimum atomic E-state index is -4.14. The summed E-state index contributed by atoms with van der Waals surface area (Å²) in [5.74, 6) is 0.840. The molecule has 0 saturated carbocycles. The van der Waals surface area contributed by atoms with Gasteiger partial charge in [0.25, 0.3) is 15.9 Å². The van der Waals surface area contributed by atoms with E-state index in [1.165, 1.54) is 12.1 Å². The molecule has 2 aliphatic heterocycles. The molecule has 4 heterocycles. The van der Waals surface area contributed by atoms with Gasteiger partial charge in [0.15, 0.2) is 0 Å². The summed E-state index contributed by atoms with van der Waals surface area (Å²) >= 11 is 0. The van der Waals surface area contributed by atoms with Gasteiger partial charge in [-0.1, -0.05) is 45.0 Å². The Kier molecular flexibility index (Phi) is 9.37. The first kappa shape index (κ1) is 33.3. The highest BCUT2D eigenvalue weighted by atomic mass is 32.2. The maximum Gasteiger partial charge on any atom is 0.264 e. The largest absolute Gasteiger partial charge is 0.475 e. The molecule has 1 N–H and O–H groups in total. The van der Waals surface area contributed by atoms with Gasteiger partial charge in [-0.05, 0) is 79.8 Å². The van der Waals surface area contributed by atoms with Gasteiger partial charge in [0.1, 0.15) is 6.61 Å². The van der Waals surface area contributed by atoms with Crippen LogP contribution in [0.3, 0.4) is 0 Å². The number of carbonyl (C=O) groups excluding carboxylic acids is 1. The van der Waals surface area contributed by atoms with Gasteiger partial charge >= 0.3 is 0 Å². The van der Waals surface area contributed by atoms with Crippen LogP contribution in [0.25, 0.3) is 11.3 Å². The van der Waals surface area contributed by atoms with Gasteiger partial charge in [0.2, 0.25) is 17.8 Å². The molecule has 4 bridgehead atoms. The normalized spacial score (nSPS) is 18.6. The van der Waals surface area contributed by atoms with Crippen molar-refractivity contribution in [3.63, 3.8) is 0 Å². The Morgan fingerprint density at radius 1 is 0.938 bits per heavy atom. The maximum atomic E-state index is 14.5. The summed E-state index contributed by atoms with van der Waals surface area (Å²) in [5, 5.41) is 0. The highest BCUT2D eigenvalue weighted by molar-refractivity contribution is 7.92. The zero-order valence-electron chi connectivity index (χ0n) is 28.2. The van der Waals surface area contributed by atoms with Gasteiger partial charge in [-0.15, -0.1) is 0 Å². The van der Waals surface area contributed by atoms with E-state index >= 15 is 0 Å². The van der Waals surface area contributed by atoms with E-state index in [0.29, 0.717) is 30.2 Å². The van der Waals surface area contributed by atoms with Crippen LogP contribution in [0.5, 0.6) is 5.88 Å². The average Bonchev–Trinajstić information content (AvgIpc) is 3.05. The number of nitrogens with one attached hydrogen (secondary N) is 1. The van der Waals surface area contributed by atoms with E-state index in [4.69, 9.17) is 4.74 Å². The molecule has 0 aliphatic carbocycles. The van der Waals surface area contributed by atoms with Crippen LogP contribution < -0.4 is 14.4 Å². The quantitative estimate of drug-likeness (QED) is 0.276. The number of sulfonamides is 1. The third-order valence-electron chi connectivity index (χ3n) is 8.93. The second-order valence-corrected chi connectivity index (χ2v) is 15.7. The molecule has 252 valence electrons. The molecule has 2 aliphatic rings. The van der Waals surface area contributed by atoms with Crippen LogP contribution >= 0.6 is 0 Å². The molecule has 0 spiro atoms. The van der Waals surface area contributed by atoms with Gasteiger partial charge < -0.3 is 14.5 Å². The summed E-state index contributed by atoms with van der Waals surface area (Å²) in [5.41, 5.74) is 3.58. The number of piperidine rings is 1. The molecule has 2 aromatic heterocycles. The average molecular weight is 670 g/mol. The van der Waals surface area contributed by atoms with Crippen molar-refractivity contribution < 1.29 is 17.9 Å². The van der Waals surface area contributed by atoms with E-state index in [2.05, 4.69) is 50.3 Å². The number of hydrogen-bond acceptors (Lipinski definition) is 9. The second kappa shape index (κ2) is 13.5. The number of fused-ring (bicyclic) bond motifs is 4. The molecule has 6 rings (SSSR count). The molecule has 1 fully saturated rings. The number of nitrogens with zero attached hydrogens (tertiary/aromatic N) is 6. The van der Waals surface area contributed by atoms with Crippen LogP contribution in [0.2, 0.25) is 0 Å². The van der Waals surface area contributed by atoms with Gasteiger partial charge in [0.05, 0.1) is 16.6 Å². The predicted octanol–water partition coefficient (Wildman–Crippen LogP) is 5.91. The Labute approximate surface area is 282 Å². The van der Waals surface area contributed by atoms with Crippen LogP contribution in [0.1, 0.15) is 61.5 Å². The molecule has 11 nitrogen and oxygen atoms in total. The smallest absolute Gasteiger partial charge is 0.264 e. The number of ether oxygens (including phenoxy) is 1. The summed E-state index contributed by atoms with van der Waals surface area (Å²) in [6, 6.07) is 15.4. The van der Waals surface area contributed by atoms with Gasteiger partial charge in [-0.25, -0.2) is 28.1 Å². The van der Waals surface area contributed by atoms with E-state index in [1.54, 1.807) is 36.7 Å². The first-order chi connectivity index (χ1) is 22.9. The fraction of sp³-hybridized carbons (Fsp3) is 0.417. The second-order valence-electron chi connectivity index (χ2n) is 14.0. The highest BCUT2D eigenvalue weighted by Gasteiger charge is 2.34. The molecule has 48 heavy (non-hydrogen) atoms. The number of carbonyl (C=O) groups is 1. The third kappa shape index (κ3) is 7.59. The fourth-order valence-corrected chi connectivity index (χ4v) is 7.62. The third-order valence-corrected chi connectivity index (χ3v) is 10.3. The Morgan fingerprint density at radius 2 is 1.62 bits per heavy atom. The lowest BCUT2D eigenvalue weighted by atomic mass is 9.86. The van der Waals surface area contributed by atoms with E-state index < -0.39 is 10.0 Å². The zero-order valence-corrected chi connectivity index (χ0v) is 29.0. The number of anilines is 2. The van der Waals surface area contributed by atoms with Crippen molar-refractivity contribution in [1.29, 1.82) is 0 Å². The lowest BCUT2D eigenvalue weighted by molar-refractivity contribution is 0.0473. The van der Waals surface area contributed by atoms with Gasteiger partial charge in [-0.3, -0.25) is 4.79 Å². The van der Waals surface area contributed by atoms with Crippen molar-refractivity contribution in [1.82, 2.24) is 24.8 Å². The van der Waals surface area contributed by atoms with E-state index in [0.717, 1.165) is 42.6 Å². The van der Waals surface area contributed by atoms with Crippen LogP contribution in [0, 0.1) is 25.2 Å². The number of amides is 1. The fourth-order valence-electron chi connectivity index (χ4n) is 6.63. The van der Waals surface area contributed by atoms with Crippen molar-refractivity contribution in [3.8, 4) is 17.1 Å². The summed E-state index contributed by atoms with van der Waals surface area (Å²) in [6.07, 6.45) is 5.88. The van der Waals surface area contributed by atoms with Crippen LogP contribution in [-0.4, -0.2) is 71.4 Å². The lowest BCUT2D eigenvalue weighted by Gasteiger charge is -2.40. The van der Waals surface area contributed by atoms with Crippen LogP contribution in [-0.2, 0) is 10.0 Å². The topological polar surface area (TPSA) is 131 Å². The summed E-state index contributed by atoms with van der Waals surface area (Å²) in [6.45, 7) is 12.7. The number of rotatable bonds is 5. The summed E-state index contributed by atoms with van der Waals surface area (Å²) in [4.78, 5) is 36.5. The Bertz CT molecular complexity index is 1870. The van der Waals surface area contributed by atoms with E-state index in [1.807, 2.05) is 36.9 Å². The van der Waals surface area contributed by atoms with Crippen molar-refractivity contribution in [2.75, 3.05) is 35.9 Å². The standard InChI is InChI=1S/C36H43N7O4S/c1-24-9-6-10-25(2)32(24)30-20-31-40-34(39-30)41-48(45,46)29-12-7-11-27(19-29)33(44)43(28(23-47-31)21-36(3,4)5)22-26-13-17-42(18-14-26)35-37-15-8-16-38-35/h6-12,15-16,19-20,26,28H,13-14,17-18,21-23H2,1-5H3,(H,39,40,41)/t28-/m1/s1. The van der Waals surface area contributed by atoms with Crippen molar-refractivity contribution in [3.05, 3.63) is 83.7 Å². The Hall–Kier alpha value is -4.58. The van der Waals surface area contributed by atoms with Crippen LogP contribution in [0.15, 0.2) is 71.9 Å². The number of hydrogen-bond donors (Lipinski definition) is 1. The van der Waals surface area contributed by atoms with E-state index in [-0.39, 0.29) is 46.6 Å². The Balaban J connectivity index is 1.39. The predicted molar refractivity (Wildman–Crippen MR) is 186 cm³/mol. The van der Waals surface area contributed by atoms with E-state index in [9.17, 15) is 13.2 Å². The minimum Gasteiger partial charge on any atom is -0.475 e. The van der Waals surface area contributed by atoms with Gasteiger partial charge in [0, 0.05) is 49.2 Å². The minimum absolute atomic E-state index is 0.0420. The van der Waals surface area contributed by atoms with Crippen molar-refractivity contribution >= 4 is 27.8 Å². The number of aromatic nitrogens is 4.